The van der Waals surface area contributed by atoms with Crippen molar-refractivity contribution in [2.75, 3.05) is 19.4 Å². The Morgan fingerprint density at radius 1 is 1.28 bits per heavy atom. The molecule has 2 bridgehead atoms. The van der Waals surface area contributed by atoms with Gasteiger partial charge in [-0.15, -0.1) is 0 Å². The second kappa shape index (κ2) is 6.88. The molecule has 32 heavy (non-hydrogen) atoms. The molecule has 1 unspecified atom stereocenters. The first-order valence-corrected chi connectivity index (χ1v) is 12.1. The van der Waals surface area contributed by atoms with Crippen LogP contribution in [0.1, 0.15) is 51.9 Å². The Labute approximate surface area is 190 Å². The lowest BCUT2D eigenvalue weighted by molar-refractivity contribution is -0.137. The summed E-state index contributed by atoms with van der Waals surface area (Å²) >= 11 is 0. The molecule has 1 aromatic heterocycles. The highest BCUT2D eigenvalue weighted by molar-refractivity contribution is 6.05. The van der Waals surface area contributed by atoms with Crippen molar-refractivity contribution >= 4 is 11.6 Å². The van der Waals surface area contributed by atoms with Crippen molar-refractivity contribution < 1.29 is 9.53 Å². The average molecular weight is 432 g/mol. The molecule has 6 rings (SSSR count). The summed E-state index contributed by atoms with van der Waals surface area (Å²) < 4.78 is 7.25. The summed E-state index contributed by atoms with van der Waals surface area (Å²) in [5, 5.41) is 3.07. The summed E-state index contributed by atoms with van der Waals surface area (Å²) in [6, 6.07) is 4.31. The van der Waals surface area contributed by atoms with Crippen LogP contribution in [0.5, 0.6) is 0 Å². The van der Waals surface area contributed by atoms with Crippen LogP contribution in [-0.2, 0) is 9.53 Å². The molecule has 0 aromatic carbocycles. The molecule has 3 aliphatic carbocycles. The first-order chi connectivity index (χ1) is 15.4. The molecule has 168 valence electrons. The van der Waals surface area contributed by atoms with Gasteiger partial charge >= 0.3 is 0 Å². The molecule has 2 aliphatic heterocycles. The minimum absolute atomic E-state index is 0.00124. The first kappa shape index (κ1) is 20.4. The summed E-state index contributed by atoms with van der Waals surface area (Å²) in [5.74, 6) is 0.308. The topological polar surface area (TPSA) is 54.5 Å². The molecule has 1 saturated heterocycles. The third-order valence-corrected chi connectivity index (χ3v) is 9.14. The van der Waals surface area contributed by atoms with Gasteiger partial charge in [-0.05, 0) is 82.3 Å². The minimum Gasteiger partial charge on any atom is -0.359 e. The van der Waals surface area contributed by atoms with E-state index in [1.165, 1.54) is 17.6 Å². The summed E-state index contributed by atoms with van der Waals surface area (Å²) in [7, 11) is 4.39. The van der Waals surface area contributed by atoms with Crippen LogP contribution in [0.25, 0.3) is 0 Å². The molecule has 2 spiro atoms. The Hall–Kier alpha value is -2.24. The number of ether oxygens (including phenoxy) is 1. The molecular formula is C27H33N3O2. The lowest BCUT2D eigenvalue weighted by Crippen LogP contribution is -2.55. The molecule has 5 heteroatoms. The summed E-state index contributed by atoms with van der Waals surface area (Å²) in [6.45, 7) is 2.28. The fraction of sp³-hybridized carbons (Fsp3) is 0.556. The summed E-state index contributed by atoms with van der Waals surface area (Å²) in [5.41, 5.74) is 3.98. The highest BCUT2D eigenvalue weighted by atomic mass is 16.5. The standard InChI is InChI=1S/C27H33N3O2/c1-25-11-10-19-15-18-6-7-21(30(2)3)16-26(18)12-13-27(19,32-26)23(25)9-8-22(25)24(31)29-20-5-4-14-28-17-20/h4-5,8,10,14-15,17,21,23H,6-7,9,11-13,16H2,1-3H3,(H,29,31)/t21-,23+,25+,26?,27+/m0/s1. The van der Waals surface area contributed by atoms with Crippen LogP contribution in [0.4, 0.5) is 5.69 Å². The zero-order valence-electron chi connectivity index (χ0n) is 19.4. The second-order valence-corrected chi connectivity index (χ2v) is 10.9. The fourth-order valence-corrected chi connectivity index (χ4v) is 7.39. The predicted molar refractivity (Wildman–Crippen MR) is 125 cm³/mol. The number of fused-ring (bicyclic) bond motifs is 1. The van der Waals surface area contributed by atoms with Gasteiger partial charge in [-0.3, -0.25) is 9.78 Å². The molecule has 5 atom stereocenters. The number of hydrogen-bond acceptors (Lipinski definition) is 4. The fourth-order valence-electron chi connectivity index (χ4n) is 7.39. The van der Waals surface area contributed by atoms with Gasteiger partial charge in [-0.2, -0.15) is 0 Å². The molecule has 0 radical (unpaired) electrons. The number of carbonyl (C=O) groups is 1. The maximum atomic E-state index is 13.3. The highest BCUT2D eigenvalue weighted by Gasteiger charge is 2.65. The number of pyridine rings is 1. The molecule has 3 heterocycles. The third-order valence-electron chi connectivity index (χ3n) is 9.14. The Morgan fingerprint density at radius 3 is 2.94 bits per heavy atom. The van der Waals surface area contributed by atoms with E-state index < -0.39 is 0 Å². The molecule has 1 aromatic rings. The number of anilines is 1. The van der Waals surface area contributed by atoms with E-state index in [9.17, 15) is 4.79 Å². The first-order valence-electron chi connectivity index (χ1n) is 12.1. The second-order valence-electron chi connectivity index (χ2n) is 10.9. The highest BCUT2D eigenvalue weighted by Crippen LogP contribution is 2.66. The van der Waals surface area contributed by atoms with Crippen LogP contribution in [0.15, 0.2) is 59.5 Å². The van der Waals surface area contributed by atoms with Crippen LogP contribution in [0.2, 0.25) is 0 Å². The van der Waals surface area contributed by atoms with Crippen LogP contribution < -0.4 is 5.32 Å². The van der Waals surface area contributed by atoms with E-state index in [0.717, 1.165) is 49.8 Å². The normalized spacial score (nSPS) is 39.4. The summed E-state index contributed by atoms with van der Waals surface area (Å²) in [4.78, 5) is 19.8. The van der Waals surface area contributed by atoms with Gasteiger partial charge in [0.15, 0.2) is 0 Å². The molecule has 1 N–H and O–H groups in total. The van der Waals surface area contributed by atoms with Crippen molar-refractivity contribution in [2.45, 2.75) is 69.1 Å². The van der Waals surface area contributed by atoms with Crippen molar-refractivity contribution in [3.05, 3.63) is 59.5 Å². The zero-order valence-corrected chi connectivity index (χ0v) is 19.4. The number of allylic oxidation sites excluding steroid dienone is 2. The Morgan fingerprint density at radius 2 is 2.16 bits per heavy atom. The third kappa shape index (κ3) is 2.70. The van der Waals surface area contributed by atoms with Crippen LogP contribution >= 0.6 is 0 Å². The van der Waals surface area contributed by atoms with E-state index in [-0.39, 0.29) is 22.5 Å². The Kier molecular flexibility index (Phi) is 4.38. The maximum Gasteiger partial charge on any atom is 0.251 e. The molecule has 2 fully saturated rings. The quantitative estimate of drug-likeness (QED) is 0.757. The van der Waals surface area contributed by atoms with Gasteiger partial charge in [0.2, 0.25) is 0 Å². The lowest BCUT2D eigenvalue weighted by atomic mass is 9.59. The number of nitrogens with one attached hydrogen (secondary N) is 1. The Balaban J connectivity index is 1.32. The van der Waals surface area contributed by atoms with Crippen molar-refractivity contribution in [3.63, 3.8) is 0 Å². The Bertz CT molecular complexity index is 1060. The molecule has 1 amide bonds. The number of amides is 1. The lowest BCUT2D eigenvalue weighted by Gasteiger charge is -2.54. The van der Waals surface area contributed by atoms with Crippen molar-refractivity contribution in [1.82, 2.24) is 9.88 Å². The molecular weight excluding hydrogens is 398 g/mol. The van der Waals surface area contributed by atoms with Gasteiger partial charge in [-0.1, -0.05) is 25.2 Å². The van der Waals surface area contributed by atoms with E-state index in [1.807, 2.05) is 12.1 Å². The van der Waals surface area contributed by atoms with E-state index in [0.29, 0.717) is 12.0 Å². The van der Waals surface area contributed by atoms with E-state index in [2.05, 4.69) is 54.4 Å². The van der Waals surface area contributed by atoms with E-state index in [4.69, 9.17) is 4.74 Å². The van der Waals surface area contributed by atoms with Crippen LogP contribution in [0, 0.1) is 11.3 Å². The molecule has 1 saturated carbocycles. The predicted octanol–water partition coefficient (Wildman–Crippen LogP) is 4.64. The molecule has 5 nitrogen and oxygen atoms in total. The van der Waals surface area contributed by atoms with Crippen molar-refractivity contribution in [1.29, 1.82) is 0 Å². The van der Waals surface area contributed by atoms with Crippen molar-refractivity contribution in [3.8, 4) is 0 Å². The van der Waals surface area contributed by atoms with Gasteiger partial charge in [0.05, 0.1) is 23.1 Å². The van der Waals surface area contributed by atoms with Gasteiger partial charge < -0.3 is 15.0 Å². The SMILES string of the molecule is CN(C)[C@H]1CCC2=CC3=CC[C@]4(C)C(C(=O)Nc5cccnc5)=CC[C@H]4[C@@]34CCC2(C1)O4. The van der Waals surface area contributed by atoms with Gasteiger partial charge in [-0.25, -0.2) is 0 Å². The minimum atomic E-state index is -0.252. The van der Waals surface area contributed by atoms with E-state index >= 15 is 0 Å². The number of carbonyl (C=O) groups excluding carboxylic acids is 1. The largest absolute Gasteiger partial charge is 0.359 e. The van der Waals surface area contributed by atoms with Gasteiger partial charge in [0.1, 0.15) is 0 Å². The van der Waals surface area contributed by atoms with Crippen LogP contribution in [-0.4, -0.2) is 47.1 Å². The molecule has 5 aliphatic rings. The van der Waals surface area contributed by atoms with E-state index in [1.54, 1.807) is 12.4 Å². The zero-order chi connectivity index (χ0) is 22.1. The van der Waals surface area contributed by atoms with Crippen molar-refractivity contribution in [2.24, 2.45) is 11.3 Å². The maximum absolute atomic E-state index is 13.3. The van der Waals surface area contributed by atoms with Gasteiger partial charge in [0.25, 0.3) is 5.91 Å². The number of nitrogens with zero attached hydrogens (tertiary/aromatic N) is 2. The smallest absolute Gasteiger partial charge is 0.251 e. The number of hydrogen-bond donors (Lipinski definition) is 1. The summed E-state index contributed by atoms with van der Waals surface area (Å²) in [6.07, 6.45) is 17.9. The van der Waals surface area contributed by atoms with Gasteiger partial charge in [0, 0.05) is 29.1 Å². The number of aromatic nitrogens is 1. The monoisotopic (exact) mass is 431 g/mol. The average Bonchev–Trinajstić information content (AvgIpc) is 3.29. The number of rotatable bonds is 3. The van der Waals surface area contributed by atoms with Crippen LogP contribution in [0.3, 0.4) is 0 Å².